The van der Waals surface area contributed by atoms with E-state index in [1.807, 2.05) is 13.0 Å². The fourth-order valence-corrected chi connectivity index (χ4v) is 3.32. The van der Waals surface area contributed by atoms with Crippen molar-refractivity contribution in [1.29, 1.82) is 0 Å². The van der Waals surface area contributed by atoms with Gasteiger partial charge in [-0.2, -0.15) is 0 Å². The summed E-state index contributed by atoms with van der Waals surface area (Å²) in [6.45, 7) is 5.08. The number of allylic oxidation sites excluding steroid dienone is 2. The zero-order valence-electron chi connectivity index (χ0n) is 17.4. The molecule has 0 saturated carbocycles. The van der Waals surface area contributed by atoms with Crippen molar-refractivity contribution in [3.05, 3.63) is 53.6 Å². The molecular formula is C24H28O6. The summed E-state index contributed by atoms with van der Waals surface area (Å²) in [5.74, 6) is 0.437. The highest BCUT2D eigenvalue weighted by Crippen LogP contribution is 2.38. The largest absolute Gasteiger partial charge is 0.508 e. The summed E-state index contributed by atoms with van der Waals surface area (Å²) in [7, 11) is 0. The van der Waals surface area contributed by atoms with Gasteiger partial charge in [-0.15, -0.1) is 0 Å². The number of rotatable bonds is 7. The quantitative estimate of drug-likeness (QED) is 0.362. The SMILES string of the molecule is CC(=CCc1c(O)cc(O)cc1-c1cc2ccc(O)cc2o1)CC[C@H](O)C(C)(C)O. The van der Waals surface area contributed by atoms with Gasteiger partial charge in [0.2, 0.25) is 0 Å². The molecule has 160 valence electrons. The van der Waals surface area contributed by atoms with E-state index < -0.39 is 11.7 Å². The van der Waals surface area contributed by atoms with Gasteiger partial charge in [-0.25, -0.2) is 0 Å². The third-order valence-electron chi connectivity index (χ3n) is 5.26. The molecule has 0 amide bonds. The molecule has 0 fully saturated rings. The van der Waals surface area contributed by atoms with E-state index in [-0.39, 0.29) is 17.2 Å². The van der Waals surface area contributed by atoms with Gasteiger partial charge in [0.1, 0.15) is 28.6 Å². The fourth-order valence-electron chi connectivity index (χ4n) is 3.32. The average molecular weight is 412 g/mol. The zero-order valence-corrected chi connectivity index (χ0v) is 17.4. The van der Waals surface area contributed by atoms with Crippen LogP contribution in [0, 0.1) is 0 Å². The molecule has 0 aliphatic carbocycles. The van der Waals surface area contributed by atoms with Crippen LogP contribution in [0.4, 0.5) is 0 Å². The maximum atomic E-state index is 10.4. The molecular weight excluding hydrogens is 384 g/mol. The second kappa shape index (κ2) is 8.42. The molecule has 0 radical (unpaired) electrons. The molecule has 2 aromatic carbocycles. The van der Waals surface area contributed by atoms with Gasteiger partial charge in [-0.05, 0) is 64.3 Å². The van der Waals surface area contributed by atoms with E-state index >= 15 is 0 Å². The standard InChI is InChI=1S/C24H28O6/c1-14(5-9-23(28)24(2,3)29)4-8-18-19(11-17(26)12-20(18)27)22-10-15-6-7-16(25)13-21(15)30-22/h4,6-7,10-13,23,25-29H,5,8-9H2,1-3H3/t23-/m0/s1. The number of benzene rings is 2. The Balaban J connectivity index is 1.88. The summed E-state index contributed by atoms with van der Waals surface area (Å²) in [5, 5.41) is 50.7. The molecule has 30 heavy (non-hydrogen) atoms. The van der Waals surface area contributed by atoms with E-state index in [4.69, 9.17) is 4.42 Å². The number of aromatic hydroxyl groups is 3. The zero-order chi connectivity index (χ0) is 22.1. The number of phenolic OH excluding ortho intramolecular Hbond substituents is 3. The second-order valence-electron chi connectivity index (χ2n) is 8.29. The number of aliphatic hydroxyl groups is 2. The van der Waals surface area contributed by atoms with Gasteiger partial charge in [0.05, 0.1) is 11.7 Å². The Labute approximate surface area is 175 Å². The van der Waals surface area contributed by atoms with E-state index in [2.05, 4.69) is 0 Å². The molecule has 1 atom stereocenters. The van der Waals surface area contributed by atoms with Crippen molar-refractivity contribution in [2.24, 2.45) is 0 Å². The fraction of sp³-hybridized carbons (Fsp3) is 0.333. The molecule has 3 rings (SSSR count). The van der Waals surface area contributed by atoms with E-state index in [9.17, 15) is 25.5 Å². The molecule has 0 aliphatic heterocycles. The number of hydrogen-bond acceptors (Lipinski definition) is 6. The Kier molecular flexibility index (Phi) is 6.10. The van der Waals surface area contributed by atoms with Crippen LogP contribution in [-0.4, -0.2) is 37.2 Å². The Bertz CT molecular complexity index is 1070. The van der Waals surface area contributed by atoms with Crippen molar-refractivity contribution in [1.82, 2.24) is 0 Å². The first-order chi connectivity index (χ1) is 14.0. The molecule has 0 aliphatic rings. The molecule has 1 aromatic heterocycles. The summed E-state index contributed by atoms with van der Waals surface area (Å²) >= 11 is 0. The van der Waals surface area contributed by atoms with Gasteiger partial charge in [0, 0.05) is 28.6 Å². The number of furan rings is 1. The van der Waals surface area contributed by atoms with Crippen molar-refractivity contribution < 1.29 is 29.9 Å². The summed E-state index contributed by atoms with van der Waals surface area (Å²) < 4.78 is 5.85. The van der Waals surface area contributed by atoms with E-state index in [0.29, 0.717) is 41.7 Å². The van der Waals surface area contributed by atoms with Gasteiger partial charge in [0.25, 0.3) is 0 Å². The topological polar surface area (TPSA) is 114 Å². The van der Waals surface area contributed by atoms with Crippen LogP contribution >= 0.6 is 0 Å². The Morgan fingerprint density at radius 2 is 1.80 bits per heavy atom. The molecule has 5 N–H and O–H groups in total. The minimum absolute atomic E-state index is 0.0473. The van der Waals surface area contributed by atoms with Crippen LogP contribution in [0.1, 0.15) is 39.2 Å². The summed E-state index contributed by atoms with van der Waals surface area (Å²) in [5.41, 5.74) is 1.51. The monoisotopic (exact) mass is 412 g/mol. The molecule has 6 nitrogen and oxygen atoms in total. The third-order valence-corrected chi connectivity index (χ3v) is 5.26. The summed E-state index contributed by atoms with van der Waals surface area (Å²) in [6.07, 6.45) is 2.54. The average Bonchev–Trinajstić information content (AvgIpc) is 3.06. The van der Waals surface area contributed by atoms with Gasteiger partial charge in [-0.1, -0.05) is 11.6 Å². The lowest BCUT2D eigenvalue weighted by Gasteiger charge is -2.24. The summed E-state index contributed by atoms with van der Waals surface area (Å²) in [6, 6.07) is 9.43. The highest BCUT2D eigenvalue weighted by Gasteiger charge is 2.23. The molecule has 3 aromatic rings. The van der Waals surface area contributed by atoms with Crippen LogP contribution in [0.25, 0.3) is 22.3 Å². The van der Waals surface area contributed by atoms with Crippen molar-refractivity contribution in [2.45, 2.75) is 51.7 Å². The molecule has 0 bridgehead atoms. The minimum Gasteiger partial charge on any atom is -0.508 e. The molecule has 0 saturated heterocycles. The summed E-state index contributed by atoms with van der Waals surface area (Å²) in [4.78, 5) is 0. The highest BCUT2D eigenvalue weighted by atomic mass is 16.3. The van der Waals surface area contributed by atoms with Crippen LogP contribution in [0.15, 0.2) is 52.5 Å². The predicted octanol–water partition coefficient (Wildman–Crippen LogP) is 4.62. The van der Waals surface area contributed by atoms with Gasteiger partial charge < -0.3 is 29.9 Å². The third kappa shape index (κ3) is 4.96. The van der Waals surface area contributed by atoms with Gasteiger partial charge in [-0.3, -0.25) is 0 Å². The predicted molar refractivity (Wildman–Crippen MR) is 116 cm³/mol. The Morgan fingerprint density at radius 3 is 2.50 bits per heavy atom. The van der Waals surface area contributed by atoms with Crippen molar-refractivity contribution in [3.8, 4) is 28.6 Å². The van der Waals surface area contributed by atoms with Gasteiger partial charge >= 0.3 is 0 Å². The van der Waals surface area contributed by atoms with Crippen LogP contribution < -0.4 is 0 Å². The van der Waals surface area contributed by atoms with Crippen molar-refractivity contribution >= 4 is 11.0 Å². The smallest absolute Gasteiger partial charge is 0.138 e. The molecule has 0 unspecified atom stereocenters. The van der Waals surface area contributed by atoms with Crippen molar-refractivity contribution in [2.75, 3.05) is 0 Å². The van der Waals surface area contributed by atoms with Crippen LogP contribution in [0.3, 0.4) is 0 Å². The lowest BCUT2D eigenvalue weighted by molar-refractivity contribution is -0.0509. The molecule has 6 heteroatoms. The van der Waals surface area contributed by atoms with Crippen molar-refractivity contribution in [3.63, 3.8) is 0 Å². The highest BCUT2D eigenvalue weighted by molar-refractivity contribution is 5.85. The van der Waals surface area contributed by atoms with E-state index in [0.717, 1.165) is 11.0 Å². The van der Waals surface area contributed by atoms with Crippen LogP contribution in [0.2, 0.25) is 0 Å². The molecule has 0 spiro atoms. The number of fused-ring (bicyclic) bond motifs is 1. The maximum Gasteiger partial charge on any atom is 0.138 e. The Morgan fingerprint density at radius 1 is 1.07 bits per heavy atom. The minimum atomic E-state index is -1.15. The van der Waals surface area contributed by atoms with E-state index in [1.165, 1.54) is 18.2 Å². The maximum absolute atomic E-state index is 10.4. The van der Waals surface area contributed by atoms with Gasteiger partial charge in [0.15, 0.2) is 0 Å². The van der Waals surface area contributed by atoms with E-state index in [1.54, 1.807) is 32.0 Å². The second-order valence-corrected chi connectivity index (χ2v) is 8.29. The Hall–Kier alpha value is -2.96. The lowest BCUT2D eigenvalue weighted by Crippen LogP contribution is -2.35. The molecule has 1 heterocycles. The first-order valence-electron chi connectivity index (χ1n) is 9.88. The number of phenols is 3. The number of hydrogen-bond donors (Lipinski definition) is 5. The first-order valence-corrected chi connectivity index (χ1v) is 9.88. The normalized spacial score (nSPS) is 13.7. The first kappa shape index (κ1) is 21.7. The van der Waals surface area contributed by atoms with Crippen LogP contribution in [-0.2, 0) is 6.42 Å². The number of aliphatic hydroxyl groups excluding tert-OH is 1. The van der Waals surface area contributed by atoms with Crippen LogP contribution in [0.5, 0.6) is 17.2 Å². The lowest BCUT2D eigenvalue weighted by atomic mass is 9.94.